The number of hydrogen-bond acceptors (Lipinski definition) is 2. The fourth-order valence-corrected chi connectivity index (χ4v) is 1.32. The third kappa shape index (κ3) is 1.91. The lowest BCUT2D eigenvalue weighted by Gasteiger charge is -1.95. The topological polar surface area (TPSA) is 34.1 Å². The summed E-state index contributed by atoms with van der Waals surface area (Å²) in [6.07, 6.45) is 3.93. The van der Waals surface area contributed by atoms with Gasteiger partial charge in [-0.3, -0.25) is 9.59 Å². The highest BCUT2D eigenvalue weighted by Crippen LogP contribution is 2.14. The first kappa shape index (κ1) is 9.52. The van der Waals surface area contributed by atoms with Gasteiger partial charge >= 0.3 is 0 Å². The number of ketones is 2. The first-order valence-electron chi connectivity index (χ1n) is 4.41. The van der Waals surface area contributed by atoms with Gasteiger partial charge in [0.2, 0.25) is 0 Å². The molecule has 0 saturated carbocycles. The van der Waals surface area contributed by atoms with Crippen molar-refractivity contribution in [3.8, 4) is 0 Å². The van der Waals surface area contributed by atoms with E-state index in [1.807, 2.05) is 0 Å². The number of benzene rings is 1. The summed E-state index contributed by atoms with van der Waals surface area (Å²) in [7, 11) is 0. The summed E-state index contributed by atoms with van der Waals surface area (Å²) in [5.74, 6) is -0.951. The quantitative estimate of drug-likeness (QED) is 0.515. The average Bonchev–Trinajstić information content (AvgIpc) is 2.53. The summed E-state index contributed by atoms with van der Waals surface area (Å²) < 4.78 is 12.6. The molecule has 74 valence electrons. The largest absolute Gasteiger partial charge is 0.289 e. The van der Waals surface area contributed by atoms with E-state index in [-0.39, 0.29) is 23.0 Å². The van der Waals surface area contributed by atoms with Gasteiger partial charge in [0.05, 0.1) is 5.57 Å². The molecule has 2 nitrogen and oxygen atoms in total. The lowest BCUT2D eigenvalue weighted by molar-refractivity contribution is -0.115. The van der Waals surface area contributed by atoms with Gasteiger partial charge in [-0.2, -0.15) is 0 Å². The van der Waals surface area contributed by atoms with Crippen molar-refractivity contribution >= 4 is 17.6 Å². The van der Waals surface area contributed by atoms with E-state index in [2.05, 4.69) is 0 Å². The summed E-state index contributed by atoms with van der Waals surface area (Å²) in [4.78, 5) is 22.4. The number of carbonyl (C=O) groups excluding carboxylic acids is 2. The van der Waals surface area contributed by atoms with E-state index in [9.17, 15) is 14.0 Å². The third-order valence-corrected chi connectivity index (χ3v) is 2.10. The van der Waals surface area contributed by atoms with Crippen molar-refractivity contribution in [2.75, 3.05) is 0 Å². The molecule has 2 rings (SSSR count). The molecular weight excluding hydrogens is 195 g/mol. The molecule has 1 aromatic rings. The maximum Gasteiger partial charge on any atom is 0.189 e. The molecule has 0 N–H and O–H groups in total. The van der Waals surface area contributed by atoms with Crippen molar-refractivity contribution in [2.45, 2.75) is 0 Å². The summed E-state index contributed by atoms with van der Waals surface area (Å²) >= 11 is 0. The zero-order chi connectivity index (χ0) is 10.8. The first-order chi connectivity index (χ1) is 7.16. The minimum Gasteiger partial charge on any atom is -0.289 e. The first-order valence-corrected chi connectivity index (χ1v) is 4.41. The number of halogens is 1. The molecule has 0 aliphatic heterocycles. The van der Waals surface area contributed by atoms with Crippen molar-refractivity contribution in [3.63, 3.8) is 0 Å². The van der Waals surface area contributed by atoms with E-state index in [0.29, 0.717) is 5.56 Å². The Morgan fingerprint density at radius 1 is 0.933 bits per heavy atom. The van der Waals surface area contributed by atoms with E-state index < -0.39 is 0 Å². The van der Waals surface area contributed by atoms with Gasteiger partial charge < -0.3 is 0 Å². The molecule has 0 bridgehead atoms. The molecule has 1 aliphatic rings. The maximum atomic E-state index is 12.6. The Hall–Kier alpha value is -2.03. The van der Waals surface area contributed by atoms with Crippen molar-refractivity contribution in [3.05, 3.63) is 53.4 Å². The Morgan fingerprint density at radius 2 is 1.47 bits per heavy atom. The summed E-state index contributed by atoms with van der Waals surface area (Å²) in [6, 6.07) is 5.59. The summed E-state index contributed by atoms with van der Waals surface area (Å²) in [5, 5.41) is 0. The molecule has 3 heteroatoms. The van der Waals surface area contributed by atoms with Crippen LogP contribution in [0, 0.1) is 5.82 Å². The van der Waals surface area contributed by atoms with E-state index in [1.165, 1.54) is 42.5 Å². The SMILES string of the molecule is O=C1C=CC(=O)C1=Cc1ccc(F)cc1. The highest BCUT2D eigenvalue weighted by Gasteiger charge is 2.19. The highest BCUT2D eigenvalue weighted by atomic mass is 19.1. The second kappa shape index (κ2) is 3.61. The lowest BCUT2D eigenvalue weighted by atomic mass is 10.1. The van der Waals surface area contributed by atoms with Crippen molar-refractivity contribution in [2.24, 2.45) is 0 Å². The van der Waals surface area contributed by atoms with E-state index in [4.69, 9.17) is 0 Å². The molecule has 1 aromatic carbocycles. The molecule has 0 fully saturated rings. The van der Waals surface area contributed by atoms with Crippen LogP contribution in [-0.2, 0) is 9.59 Å². The van der Waals surface area contributed by atoms with Gasteiger partial charge in [0.15, 0.2) is 11.6 Å². The van der Waals surface area contributed by atoms with E-state index in [1.54, 1.807) is 0 Å². The van der Waals surface area contributed by atoms with E-state index >= 15 is 0 Å². The minimum absolute atomic E-state index is 0.126. The van der Waals surface area contributed by atoms with Gasteiger partial charge in [-0.15, -0.1) is 0 Å². The number of allylic oxidation sites excluding steroid dienone is 3. The third-order valence-electron chi connectivity index (χ3n) is 2.10. The second-order valence-electron chi connectivity index (χ2n) is 3.17. The standard InChI is InChI=1S/C12H7FO2/c13-9-3-1-8(2-4-9)7-10-11(14)5-6-12(10)15/h1-7H. The predicted molar refractivity (Wildman–Crippen MR) is 53.5 cm³/mol. The van der Waals surface area contributed by atoms with Gasteiger partial charge in [0, 0.05) is 0 Å². The zero-order valence-corrected chi connectivity index (χ0v) is 7.74. The fourth-order valence-electron chi connectivity index (χ4n) is 1.32. The lowest BCUT2D eigenvalue weighted by Crippen LogP contribution is -2.00. The van der Waals surface area contributed by atoms with Crippen LogP contribution in [0.25, 0.3) is 6.08 Å². The van der Waals surface area contributed by atoms with Gasteiger partial charge in [-0.05, 0) is 35.9 Å². The second-order valence-corrected chi connectivity index (χ2v) is 3.17. The van der Waals surface area contributed by atoms with Crippen LogP contribution < -0.4 is 0 Å². The number of hydrogen-bond donors (Lipinski definition) is 0. The molecule has 0 radical (unpaired) electrons. The molecule has 0 saturated heterocycles. The maximum absolute atomic E-state index is 12.6. The molecule has 0 heterocycles. The molecular formula is C12H7FO2. The molecule has 0 atom stereocenters. The van der Waals surface area contributed by atoms with Crippen LogP contribution >= 0.6 is 0 Å². The molecule has 0 spiro atoms. The Morgan fingerprint density at radius 3 is 2.00 bits per heavy atom. The van der Waals surface area contributed by atoms with Crippen LogP contribution in [0.4, 0.5) is 4.39 Å². The van der Waals surface area contributed by atoms with Crippen LogP contribution in [-0.4, -0.2) is 11.6 Å². The predicted octanol–water partition coefficient (Wildman–Crippen LogP) is 1.92. The highest BCUT2D eigenvalue weighted by molar-refractivity contribution is 6.35. The Balaban J connectivity index is 2.35. The van der Waals surface area contributed by atoms with Crippen LogP contribution in [0.15, 0.2) is 42.0 Å². The van der Waals surface area contributed by atoms with Crippen LogP contribution in [0.5, 0.6) is 0 Å². The van der Waals surface area contributed by atoms with Gasteiger partial charge in [0.25, 0.3) is 0 Å². The molecule has 1 aliphatic carbocycles. The van der Waals surface area contributed by atoms with Gasteiger partial charge in [-0.1, -0.05) is 12.1 Å². The zero-order valence-electron chi connectivity index (χ0n) is 7.74. The number of carbonyl (C=O) groups is 2. The van der Waals surface area contributed by atoms with Crippen molar-refractivity contribution < 1.29 is 14.0 Å². The normalized spacial score (nSPS) is 14.9. The molecule has 0 unspecified atom stereocenters. The molecule has 0 amide bonds. The van der Waals surface area contributed by atoms with Crippen LogP contribution in [0.3, 0.4) is 0 Å². The van der Waals surface area contributed by atoms with Crippen molar-refractivity contribution in [1.82, 2.24) is 0 Å². The van der Waals surface area contributed by atoms with Crippen molar-refractivity contribution in [1.29, 1.82) is 0 Å². The monoisotopic (exact) mass is 202 g/mol. The fraction of sp³-hybridized carbons (Fsp3) is 0. The Bertz CT molecular complexity index is 461. The summed E-state index contributed by atoms with van der Waals surface area (Å²) in [6.45, 7) is 0. The minimum atomic E-state index is -0.348. The summed E-state index contributed by atoms with van der Waals surface area (Å²) in [5.41, 5.74) is 0.762. The van der Waals surface area contributed by atoms with Gasteiger partial charge in [0.1, 0.15) is 5.82 Å². The average molecular weight is 202 g/mol. The molecule has 15 heavy (non-hydrogen) atoms. The Labute approximate surface area is 85.7 Å². The van der Waals surface area contributed by atoms with Crippen LogP contribution in [0.2, 0.25) is 0 Å². The van der Waals surface area contributed by atoms with Crippen LogP contribution in [0.1, 0.15) is 5.56 Å². The smallest absolute Gasteiger partial charge is 0.189 e. The van der Waals surface area contributed by atoms with E-state index in [0.717, 1.165) is 0 Å². The number of rotatable bonds is 1. The van der Waals surface area contributed by atoms with Gasteiger partial charge in [-0.25, -0.2) is 4.39 Å². The Kier molecular flexibility index (Phi) is 2.29. The molecule has 0 aromatic heterocycles.